The number of amides is 2. The maximum atomic E-state index is 12.6. The maximum absolute atomic E-state index is 12.6. The number of carbonyl (C=O) groups excluding carboxylic acids is 3. The molecule has 0 saturated heterocycles. The van der Waals surface area contributed by atoms with Gasteiger partial charge in [-0.3, -0.25) is 9.59 Å². The number of primary amides is 1. The predicted octanol–water partition coefficient (Wildman–Crippen LogP) is 3.65. The standard InChI is InChI=1S/C20H23N5O4S3/c1-9(2)12-6-11(7-30-12)17-23-24-20(25(17)4)31-8-13(26)22-18-14(19(28)29-5)10(3)15(32-18)16(21)27/h6-7,9H,8H2,1-5H3,(H2,21,27)(H,22,26). The van der Waals surface area contributed by atoms with Crippen LogP contribution in [0.5, 0.6) is 0 Å². The van der Waals surface area contributed by atoms with E-state index in [2.05, 4.69) is 35.4 Å². The molecule has 0 unspecified atom stereocenters. The van der Waals surface area contributed by atoms with Crippen LogP contribution >= 0.6 is 34.4 Å². The number of thioether (sulfide) groups is 1. The quantitative estimate of drug-likeness (QED) is 0.362. The first-order chi connectivity index (χ1) is 15.1. The molecule has 0 spiro atoms. The number of methoxy groups -OCH3 is 1. The topological polar surface area (TPSA) is 129 Å². The molecule has 3 N–H and O–H groups in total. The molecular formula is C20H23N5O4S3. The summed E-state index contributed by atoms with van der Waals surface area (Å²) in [5.74, 6) is -0.484. The highest BCUT2D eigenvalue weighted by Gasteiger charge is 2.25. The molecule has 170 valence electrons. The summed E-state index contributed by atoms with van der Waals surface area (Å²) >= 11 is 3.85. The normalized spacial score (nSPS) is 11.1. The Hall–Kier alpha value is -2.70. The van der Waals surface area contributed by atoms with Crippen molar-refractivity contribution in [3.05, 3.63) is 32.3 Å². The minimum atomic E-state index is -0.673. The summed E-state index contributed by atoms with van der Waals surface area (Å²) in [6.07, 6.45) is 0. The van der Waals surface area contributed by atoms with E-state index in [1.165, 1.54) is 23.7 Å². The van der Waals surface area contributed by atoms with Gasteiger partial charge in [-0.05, 0) is 24.5 Å². The van der Waals surface area contributed by atoms with E-state index in [-0.39, 0.29) is 27.1 Å². The van der Waals surface area contributed by atoms with E-state index < -0.39 is 11.9 Å². The fourth-order valence-corrected chi connectivity index (χ4v) is 5.62. The summed E-state index contributed by atoms with van der Waals surface area (Å²) in [7, 11) is 3.08. The summed E-state index contributed by atoms with van der Waals surface area (Å²) in [6, 6.07) is 2.10. The molecule has 3 heterocycles. The maximum Gasteiger partial charge on any atom is 0.341 e. The molecule has 3 rings (SSSR count). The number of thiophene rings is 2. The number of esters is 1. The van der Waals surface area contributed by atoms with Crippen molar-refractivity contribution in [1.29, 1.82) is 0 Å². The van der Waals surface area contributed by atoms with Gasteiger partial charge >= 0.3 is 5.97 Å². The third kappa shape index (κ3) is 4.87. The van der Waals surface area contributed by atoms with Crippen LogP contribution < -0.4 is 11.1 Å². The molecule has 0 aliphatic carbocycles. The lowest BCUT2D eigenvalue weighted by molar-refractivity contribution is -0.113. The molecule has 32 heavy (non-hydrogen) atoms. The summed E-state index contributed by atoms with van der Waals surface area (Å²) in [5, 5.41) is 14.0. The van der Waals surface area contributed by atoms with Crippen LogP contribution in [0.15, 0.2) is 16.6 Å². The average molecular weight is 494 g/mol. The highest BCUT2D eigenvalue weighted by atomic mass is 32.2. The molecule has 0 bridgehead atoms. The number of hydrogen-bond donors (Lipinski definition) is 2. The van der Waals surface area contributed by atoms with E-state index in [9.17, 15) is 14.4 Å². The van der Waals surface area contributed by atoms with Crippen LogP contribution in [0, 0.1) is 6.92 Å². The fourth-order valence-electron chi connectivity index (χ4n) is 2.94. The zero-order valence-electron chi connectivity index (χ0n) is 18.2. The Balaban J connectivity index is 1.72. The molecule has 0 radical (unpaired) electrons. The van der Waals surface area contributed by atoms with Crippen molar-refractivity contribution in [2.45, 2.75) is 31.8 Å². The van der Waals surface area contributed by atoms with Crippen molar-refractivity contribution in [2.75, 3.05) is 18.2 Å². The number of rotatable bonds is 8. The number of ether oxygens (including phenoxy) is 1. The molecular weight excluding hydrogens is 470 g/mol. The van der Waals surface area contributed by atoms with Crippen LogP contribution in [0.4, 0.5) is 5.00 Å². The third-order valence-electron chi connectivity index (χ3n) is 4.63. The smallest absolute Gasteiger partial charge is 0.341 e. The van der Waals surface area contributed by atoms with Gasteiger partial charge in [0.25, 0.3) is 5.91 Å². The Labute approximate surface area is 197 Å². The van der Waals surface area contributed by atoms with Gasteiger partial charge in [-0.25, -0.2) is 4.79 Å². The first-order valence-electron chi connectivity index (χ1n) is 9.56. The number of nitrogens with one attached hydrogen (secondary N) is 1. The molecule has 3 aromatic heterocycles. The molecule has 3 aromatic rings. The molecule has 0 aromatic carbocycles. The van der Waals surface area contributed by atoms with Gasteiger partial charge in [0, 0.05) is 22.9 Å². The molecule has 12 heteroatoms. The molecule has 9 nitrogen and oxygen atoms in total. The number of anilines is 1. The van der Waals surface area contributed by atoms with Crippen molar-refractivity contribution in [1.82, 2.24) is 14.8 Å². The lowest BCUT2D eigenvalue weighted by atomic mass is 10.1. The van der Waals surface area contributed by atoms with Gasteiger partial charge in [-0.1, -0.05) is 25.6 Å². The number of nitrogens with two attached hydrogens (primary N) is 1. The van der Waals surface area contributed by atoms with Gasteiger partial charge in [0.15, 0.2) is 11.0 Å². The second kappa shape index (κ2) is 9.84. The van der Waals surface area contributed by atoms with Crippen molar-refractivity contribution in [3.8, 4) is 11.4 Å². The lowest BCUT2D eigenvalue weighted by Gasteiger charge is -2.06. The molecule has 2 amide bonds. The minimum Gasteiger partial charge on any atom is -0.465 e. The zero-order valence-corrected chi connectivity index (χ0v) is 20.7. The van der Waals surface area contributed by atoms with E-state index in [0.717, 1.165) is 22.7 Å². The molecule has 0 aliphatic rings. The summed E-state index contributed by atoms with van der Waals surface area (Å²) in [6.45, 7) is 5.86. The van der Waals surface area contributed by atoms with Crippen molar-refractivity contribution < 1.29 is 19.1 Å². The van der Waals surface area contributed by atoms with Crippen molar-refractivity contribution in [3.63, 3.8) is 0 Å². The Morgan fingerprint density at radius 3 is 2.62 bits per heavy atom. The molecule has 0 fully saturated rings. The minimum absolute atomic E-state index is 0.0380. The van der Waals surface area contributed by atoms with E-state index >= 15 is 0 Å². The van der Waals surface area contributed by atoms with Crippen LogP contribution in [-0.4, -0.2) is 45.4 Å². The predicted molar refractivity (Wildman–Crippen MR) is 127 cm³/mol. The Morgan fingerprint density at radius 1 is 1.31 bits per heavy atom. The molecule has 0 saturated carbocycles. The van der Waals surface area contributed by atoms with Crippen LogP contribution in [0.25, 0.3) is 11.4 Å². The van der Waals surface area contributed by atoms with Crippen LogP contribution in [-0.2, 0) is 16.6 Å². The van der Waals surface area contributed by atoms with Gasteiger partial charge in [0.2, 0.25) is 5.91 Å². The largest absolute Gasteiger partial charge is 0.465 e. The van der Waals surface area contributed by atoms with Crippen molar-refractivity contribution in [2.24, 2.45) is 12.8 Å². The summed E-state index contributed by atoms with van der Waals surface area (Å²) in [5.41, 5.74) is 6.87. The summed E-state index contributed by atoms with van der Waals surface area (Å²) < 4.78 is 6.61. The van der Waals surface area contributed by atoms with Crippen molar-refractivity contribution >= 4 is 57.2 Å². The highest BCUT2D eigenvalue weighted by Crippen LogP contribution is 2.34. The Bertz CT molecular complexity index is 1180. The van der Waals surface area contributed by atoms with Gasteiger partial charge in [0.05, 0.1) is 23.3 Å². The monoisotopic (exact) mass is 493 g/mol. The van der Waals surface area contributed by atoms with Crippen LogP contribution in [0.1, 0.15) is 50.2 Å². The number of carbonyl (C=O) groups is 3. The van der Waals surface area contributed by atoms with E-state index in [4.69, 9.17) is 10.5 Å². The average Bonchev–Trinajstić information content (AvgIpc) is 3.43. The van der Waals surface area contributed by atoms with Gasteiger partial charge in [-0.15, -0.1) is 32.9 Å². The Morgan fingerprint density at radius 2 is 2.03 bits per heavy atom. The molecule has 0 atom stereocenters. The SMILES string of the molecule is COC(=O)c1c(NC(=O)CSc2nnc(-c3csc(C(C)C)c3)n2C)sc(C(N)=O)c1C. The Kier molecular flexibility index (Phi) is 7.36. The highest BCUT2D eigenvalue weighted by molar-refractivity contribution is 7.99. The number of nitrogens with zero attached hydrogens (tertiary/aromatic N) is 3. The van der Waals surface area contributed by atoms with E-state index in [1.54, 1.807) is 18.3 Å². The molecule has 0 aliphatic heterocycles. The van der Waals surface area contributed by atoms with Crippen LogP contribution in [0.2, 0.25) is 0 Å². The lowest BCUT2D eigenvalue weighted by Crippen LogP contribution is -2.16. The first-order valence-corrected chi connectivity index (χ1v) is 12.2. The summed E-state index contributed by atoms with van der Waals surface area (Å²) in [4.78, 5) is 37.8. The number of hydrogen-bond acceptors (Lipinski definition) is 9. The van der Waals surface area contributed by atoms with Gasteiger partial charge in [-0.2, -0.15) is 0 Å². The van der Waals surface area contributed by atoms with E-state index in [1.807, 2.05) is 17.0 Å². The van der Waals surface area contributed by atoms with Gasteiger partial charge < -0.3 is 20.4 Å². The van der Waals surface area contributed by atoms with Gasteiger partial charge in [0.1, 0.15) is 5.00 Å². The zero-order chi connectivity index (χ0) is 23.6. The first kappa shape index (κ1) is 24.0. The second-order valence-corrected chi connectivity index (χ2v) is 10.1. The van der Waals surface area contributed by atoms with Crippen LogP contribution in [0.3, 0.4) is 0 Å². The second-order valence-electron chi connectivity index (χ2n) is 7.21. The third-order valence-corrected chi connectivity index (χ3v) is 8.10. The van der Waals surface area contributed by atoms with E-state index in [0.29, 0.717) is 16.6 Å². The number of aromatic nitrogens is 3. The fraction of sp³-hybridized carbons (Fsp3) is 0.350.